The minimum absolute atomic E-state index is 0.828. The van der Waals surface area contributed by atoms with E-state index in [0.29, 0.717) is 0 Å². The molecule has 152 valence electrons. The summed E-state index contributed by atoms with van der Waals surface area (Å²) in [5.41, 5.74) is 2.95. The molecule has 0 bridgehead atoms. The predicted molar refractivity (Wildman–Crippen MR) is 123 cm³/mol. The average Bonchev–Trinajstić information content (AvgIpc) is 2.73. The molecule has 0 aliphatic heterocycles. The minimum atomic E-state index is 0.828. The number of hydrogen-bond acceptors (Lipinski definition) is 1. The van der Waals surface area contributed by atoms with Crippen molar-refractivity contribution in [1.82, 2.24) is 0 Å². The Morgan fingerprint density at radius 3 is 2.57 bits per heavy atom. The van der Waals surface area contributed by atoms with Crippen LogP contribution in [-0.4, -0.2) is 6.61 Å². The lowest BCUT2D eigenvalue weighted by Gasteiger charge is -2.24. The molecule has 1 heteroatoms. The largest absolute Gasteiger partial charge is 0.494 e. The fraction of sp³-hybridized carbons (Fsp3) is 0.556. The highest BCUT2D eigenvalue weighted by molar-refractivity contribution is 5.87. The van der Waals surface area contributed by atoms with Crippen molar-refractivity contribution < 1.29 is 4.74 Å². The molecule has 1 aliphatic rings. The lowest BCUT2D eigenvalue weighted by Crippen LogP contribution is -2.09. The Morgan fingerprint density at radius 1 is 1.00 bits per heavy atom. The second-order valence-electron chi connectivity index (χ2n) is 8.75. The van der Waals surface area contributed by atoms with Gasteiger partial charge in [0.2, 0.25) is 0 Å². The quantitative estimate of drug-likeness (QED) is 0.377. The van der Waals surface area contributed by atoms with Crippen LogP contribution in [0.5, 0.6) is 5.75 Å². The van der Waals surface area contributed by atoms with Crippen molar-refractivity contribution >= 4 is 16.3 Å². The summed E-state index contributed by atoms with van der Waals surface area (Å²) < 4.78 is 5.95. The van der Waals surface area contributed by atoms with E-state index in [2.05, 4.69) is 63.2 Å². The maximum atomic E-state index is 5.95. The van der Waals surface area contributed by atoms with Crippen LogP contribution >= 0.6 is 0 Å². The number of hydrogen-bond donors (Lipinski definition) is 0. The molecule has 1 aliphatic carbocycles. The van der Waals surface area contributed by atoms with Gasteiger partial charge < -0.3 is 4.74 Å². The number of benzene rings is 2. The van der Waals surface area contributed by atoms with Gasteiger partial charge in [-0.2, -0.15) is 0 Å². The van der Waals surface area contributed by atoms with E-state index in [1.165, 1.54) is 67.7 Å². The van der Waals surface area contributed by atoms with Gasteiger partial charge in [0.15, 0.2) is 0 Å². The summed E-state index contributed by atoms with van der Waals surface area (Å²) in [6.07, 6.45) is 14.0. The molecule has 0 aromatic heterocycles. The van der Waals surface area contributed by atoms with Gasteiger partial charge in [0.25, 0.3) is 0 Å². The lowest BCUT2D eigenvalue weighted by molar-refractivity contribution is 0.305. The summed E-state index contributed by atoms with van der Waals surface area (Å²) in [5.74, 6) is 2.75. The van der Waals surface area contributed by atoms with E-state index < -0.39 is 0 Å². The van der Waals surface area contributed by atoms with E-state index in [4.69, 9.17) is 4.74 Å². The molecular formula is C27H38O. The third-order valence-corrected chi connectivity index (χ3v) is 6.40. The minimum Gasteiger partial charge on any atom is -0.494 e. The van der Waals surface area contributed by atoms with Crippen LogP contribution in [-0.2, 0) is 0 Å². The summed E-state index contributed by atoms with van der Waals surface area (Å²) in [4.78, 5) is 0. The third kappa shape index (κ3) is 5.87. The first-order valence-electron chi connectivity index (χ1n) is 11.6. The topological polar surface area (TPSA) is 9.23 Å². The molecule has 0 saturated carbocycles. The fourth-order valence-corrected chi connectivity index (χ4v) is 4.33. The Kier molecular flexibility index (Phi) is 8.01. The summed E-state index contributed by atoms with van der Waals surface area (Å²) in [6, 6.07) is 13.5. The first-order chi connectivity index (χ1) is 13.7. The van der Waals surface area contributed by atoms with E-state index in [9.17, 15) is 0 Å². The van der Waals surface area contributed by atoms with Gasteiger partial charge in [-0.25, -0.2) is 0 Å². The molecule has 2 aromatic carbocycles. The zero-order chi connectivity index (χ0) is 19.8. The number of unbranched alkanes of at least 4 members (excludes halogenated alkanes) is 3. The zero-order valence-corrected chi connectivity index (χ0v) is 18.2. The van der Waals surface area contributed by atoms with Crippen LogP contribution in [0.1, 0.15) is 84.1 Å². The maximum absolute atomic E-state index is 5.95. The van der Waals surface area contributed by atoms with Gasteiger partial charge >= 0.3 is 0 Å². The summed E-state index contributed by atoms with van der Waals surface area (Å²) in [7, 11) is 0. The SMILES string of the molecule is CCCCCCOc1ccc2cc(C3=CCC(CC(C)CC)CC3)ccc2c1. The smallest absolute Gasteiger partial charge is 0.119 e. The lowest BCUT2D eigenvalue weighted by atomic mass is 9.81. The highest BCUT2D eigenvalue weighted by Crippen LogP contribution is 2.35. The molecule has 3 rings (SSSR count). The zero-order valence-electron chi connectivity index (χ0n) is 18.2. The van der Waals surface area contributed by atoms with Gasteiger partial charge in [-0.15, -0.1) is 0 Å². The number of fused-ring (bicyclic) bond motifs is 1. The molecule has 1 nitrogen and oxygen atoms in total. The molecule has 0 N–H and O–H groups in total. The molecule has 0 amide bonds. The van der Waals surface area contributed by atoms with E-state index >= 15 is 0 Å². The standard InChI is InChI=1S/C27H38O/c1-4-6-7-8-17-28-27-16-15-25-19-24(13-14-26(25)20-27)23-11-9-22(10-12-23)18-21(3)5-2/h11,13-16,19-22H,4-10,12,17-18H2,1-3H3. The number of ether oxygens (including phenoxy) is 1. The fourth-order valence-electron chi connectivity index (χ4n) is 4.33. The van der Waals surface area contributed by atoms with Crippen molar-refractivity contribution in [1.29, 1.82) is 0 Å². The van der Waals surface area contributed by atoms with Crippen LogP contribution in [0.4, 0.5) is 0 Å². The Bertz CT molecular complexity index is 773. The van der Waals surface area contributed by atoms with Gasteiger partial charge in [0, 0.05) is 0 Å². The van der Waals surface area contributed by atoms with Crippen LogP contribution in [0.15, 0.2) is 42.5 Å². The maximum Gasteiger partial charge on any atom is 0.119 e. The molecule has 0 fully saturated rings. The van der Waals surface area contributed by atoms with E-state index in [1.54, 1.807) is 5.57 Å². The molecule has 28 heavy (non-hydrogen) atoms. The molecular weight excluding hydrogens is 340 g/mol. The van der Waals surface area contributed by atoms with Crippen LogP contribution in [0.2, 0.25) is 0 Å². The van der Waals surface area contributed by atoms with Gasteiger partial charge in [0.05, 0.1) is 6.61 Å². The molecule has 0 heterocycles. The Hall–Kier alpha value is -1.76. The van der Waals surface area contributed by atoms with Crippen LogP contribution < -0.4 is 4.74 Å². The van der Waals surface area contributed by atoms with Crippen molar-refractivity contribution in [2.75, 3.05) is 6.61 Å². The molecule has 0 saturated heterocycles. The number of allylic oxidation sites excluding steroid dienone is 2. The van der Waals surface area contributed by atoms with E-state index in [1.807, 2.05) is 0 Å². The van der Waals surface area contributed by atoms with E-state index in [-0.39, 0.29) is 0 Å². The second-order valence-corrected chi connectivity index (χ2v) is 8.75. The predicted octanol–water partition coefficient (Wildman–Crippen LogP) is 8.42. The molecule has 0 spiro atoms. The van der Waals surface area contributed by atoms with Crippen molar-refractivity contribution in [3.8, 4) is 5.75 Å². The summed E-state index contributed by atoms with van der Waals surface area (Å²) in [5, 5.41) is 2.60. The van der Waals surface area contributed by atoms with Gasteiger partial charge in [0.1, 0.15) is 5.75 Å². The highest BCUT2D eigenvalue weighted by atomic mass is 16.5. The Balaban J connectivity index is 1.61. The molecule has 2 atom stereocenters. The van der Waals surface area contributed by atoms with Crippen molar-refractivity contribution in [3.63, 3.8) is 0 Å². The van der Waals surface area contributed by atoms with Crippen molar-refractivity contribution in [2.24, 2.45) is 11.8 Å². The summed E-state index contributed by atoms with van der Waals surface area (Å²) >= 11 is 0. The Labute approximate surface area is 172 Å². The van der Waals surface area contributed by atoms with Crippen LogP contribution in [0.3, 0.4) is 0 Å². The Morgan fingerprint density at radius 2 is 1.82 bits per heavy atom. The third-order valence-electron chi connectivity index (χ3n) is 6.40. The molecule has 2 aromatic rings. The van der Waals surface area contributed by atoms with Crippen molar-refractivity contribution in [3.05, 3.63) is 48.0 Å². The van der Waals surface area contributed by atoms with Gasteiger partial charge in [-0.05, 0) is 84.0 Å². The molecule has 2 unspecified atom stereocenters. The first kappa shape index (κ1) is 21.0. The summed E-state index contributed by atoms with van der Waals surface area (Å²) in [6.45, 7) is 7.78. The van der Waals surface area contributed by atoms with Gasteiger partial charge in [-0.1, -0.05) is 70.7 Å². The van der Waals surface area contributed by atoms with Crippen LogP contribution in [0.25, 0.3) is 16.3 Å². The monoisotopic (exact) mass is 378 g/mol. The number of rotatable bonds is 10. The first-order valence-corrected chi connectivity index (χ1v) is 11.6. The van der Waals surface area contributed by atoms with Gasteiger partial charge in [-0.3, -0.25) is 0 Å². The molecule has 0 radical (unpaired) electrons. The van der Waals surface area contributed by atoms with Crippen LogP contribution in [0, 0.1) is 11.8 Å². The average molecular weight is 379 g/mol. The van der Waals surface area contributed by atoms with E-state index in [0.717, 1.165) is 30.6 Å². The second kappa shape index (κ2) is 10.7. The van der Waals surface area contributed by atoms with Crippen molar-refractivity contribution in [2.45, 2.75) is 78.6 Å². The highest BCUT2D eigenvalue weighted by Gasteiger charge is 2.17. The normalized spacial score (nSPS) is 18.1.